The van der Waals surface area contributed by atoms with Crippen LogP contribution >= 0.6 is 0 Å². The Bertz CT molecular complexity index is 869. The van der Waals surface area contributed by atoms with Crippen LogP contribution in [0.1, 0.15) is 42.3 Å². The number of hydrogen-bond donors (Lipinski definition) is 2. The number of benzene rings is 2. The summed E-state index contributed by atoms with van der Waals surface area (Å²) in [6.45, 7) is 7.60. The molecule has 6 nitrogen and oxygen atoms in total. The lowest BCUT2D eigenvalue weighted by atomic mass is 10.0. The second kappa shape index (κ2) is 8.78. The normalized spacial score (nSPS) is 10.9. The third kappa shape index (κ3) is 5.49. The Labute approximate surface area is 166 Å². The number of carbonyl (C=O) groups excluding carboxylic acids is 2. The van der Waals surface area contributed by atoms with Crippen molar-refractivity contribution in [1.29, 1.82) is 0 Å². The number of carbonyl (C=O) groups is 2. The van der Waals surface area contributed by atoms with E-state index >= 15 is 0 Å². The molecule has 2 rings (SSSR count). The Morgan fingerprint density at radius 2 is 1.68 bits per heavy atom. The van der Waals surface area contributed by atoms with E-state index in [0.29, 0.717) is 22.7 Å². The first kappa shape index (κ1) is 21.3. The van der Waals surface area contributed by atoms with Crippen molar-refractivity contribution < 1.29 is 19.1 Å². The van der Waals surface area contributed by atoms with Crippen molar-refractivity contribution in [3.8, 4) is 11.5 Å². The minimum absolute atomic E-state index is 0.166. The Hall–Kier alpha value is -3.02. The fourth-order valence-electron chi connectivity index (χ4n) is 2.80. The molecule has 0 aliphatic carbocycles. The fraction of sp³-hybridized carbons (Fsp3) is 0.364. The van der Waals surface area contributed by atoms with E-state index in [4.69, 9.17) is 9.47 Å². The molecule has 0 radical (unpaired) electrons. The molecule has 2 amide bonds. The standard InChI is InChI=1S/C22H28N2O4/c1-14-16(21(26)24-22(2,3)4)8-7-9-17(14)23-20(25)13-15-10-11-18(27-5)19(12-15)28-6/h7-12H,13H2,1-6H3,(H,23,25)(H,24,26). The molecular formula is C22H28N2O4. The molecule has 0 heterocycles. The van der Waals surface area contributed by atoms with Gasteiger partial charge in [-0.1, -0.05) is 12.1 Å². The summed E-state index contributed by atoms with van der Waals surface area (Å²) in [6.07, 6.45) is 0.179. The van der Waals surface area contributed by atoms with Crippen LogP contribution in [-0.2, 0) is 11.2 Å². The molecule has 2 aromatic carbocycles. The number of anilines is 1. The van der Waals surface area contributed by atoms with Crippen molar-refractivity contribution in [1.82, 2.24) is 5.32 Å². The number of ether oxygens (including phenoxy) is 2. The molecular weight excluding hydrogens is 356 g/mol. The number of hydrogen-bond acceptors (Lipinski definition) is 4. The smallest absolute Gasteiger partial charge is 0.252 e. The van der Waals surface area contributed by atoms with Gasteiger partial charge in [0, 0.05) is 16.8 Å². The first-order chi connectivity index (χ1) is 13.1. The Balaban J connectivity index is 2.14. The van der Waals surface area contributed by atoms with Gasteiger partial charge in [0.1, 0.15) is 0 Å². The van der Waals surface area contributed by atoms with Crippen LogP contribution in [0.3, 0.4) is 0 Å². The topological polar surface area (TPSA) is 76.7 Å². The van der Waals surface area contributed by atoms with E-state index in [9.17, 15) is 9.59 Å². The summed E-state index contributed by atoms with van der Waals surface area (Å²) in [5.41, 5.74) is 2.35. The van der Waals surface area contributed by atoms with Gasteiger partial charge in [0.2, 0.25) is 5.91 Å². The highest BCUT2D eigenvalue weighted by molar-refractivity contribution is 6.00. The SMILES string of the molecule is COc1ccc(CC(=O)Nc2cccc(C(=O)NC(C)(C)C)c2C)cc1OC. The lowest BCUT2D eigenvalue weighted by Crippen LogP contribution is -2.40. The van der Waals surface area contributed by atoms with Gasteiger partial charge >= 0.3 is 0 Å². The van der Waals surface area contributed by atoms with E-state index in [1.807, 2.05) is 33.8 Å². The lowest BCUT2D eigenvalue weighted by molar-refractivity contribution is -0.115. The maximum atomic E-state index is 12.5. The van der Waals surface area contributed by atoms with E-state index in [2.05, 4.69) is 10.6 Å². The van der Waals surface area contributed by atoms with E-state index in [-0.39, 0.29) is 23.8 Å². The van der Waals surface area contributed by atoms with Gasteiger partial charge < -0.3 is 20.1 Å². The summed E-state index contributed by atoms with van der Waals surface area (Å²) < 4.78 is 10.5. The predicted octanol–water partition coefficient (Wildman–Crippen LogP) is 3.72. The van der Waals surface area contributed by atoms with Crippen molar-refractivity contribution in [3.05, 3.63) is 53.1 Å². The number of nitrogens with one attached hydrogen (secondary N) is 2. The maximum Gasteiger partial charge on any atom is 0.252 e. The predicted molar refractivity (Wildman–Crippen MR) is 110 cm³/mol. The number of rotatable bonds is 6. The zero-order valence-corrected chi connectivity index (χ0v) is 17.3. The minimum atomic E-state index is -0.337. The highest BCUT2D eigenvalue weighted by Crippen LogP contribution is 2.28. The summed E-state index contributed by atoms with van der Waals surface area (Å²) in [6, 6.07) is 10.7. The third-order valence-electron chi connectivity index (χ3n) is 4.15. The van der Waals surface area contributed by atoms with Crippen molar-refractivity contribution in [2.45, 2.75) is 39.7 Å². The van der Waals surface area contributed by atoms with Gasteiger partial charge in [0.25, 0.3) is 5.91 Å². The molecule has 0 saturated carbocycles. The molecule has 0 atom stereocenters. The van der Waals surface area contributed by atoms with Crippen LogP contribution in [-0.4, -0.2) is 31.6 Å². The molecule has 0 aliphatic rings. The van der Waals surface area contributed by atoms with Gasteiger partial charge in [-0.05, 0) is 63.1 Å². The van der Waals surface area contributed by atoms with Crippen LogP contribution in [0.25, 0.3) is 0 Å². The molecule has 6 heteroatoms. The molecule has 0 spiro atoms. The first-order valence-corrected chi connectivity index (χ1v) is 9.07. The number of methoxy groups -OCH3 is 2. The van der Waals surface area contributed by atoms with Gasteiger partial charge in [-0.25, -0.2) is 0 Å². The van der Waals surface area contributed by atoms with E-state index in [1.54, 1.807) is 44.6 Å². The van der Waals surface area contributed by atoms with Crippen LogP contribution in [0.5, 0.6) is 11.5 Å². The van der Waals surface area contributed by atoms with Crippen molar-refractivity contribution in [2.75, 3.05) is 19.5 Å². The molecule has 0 fully saturated rings. The summed E-state index contributed by atoms with van der Waals surface area (Å²) >= 11 is 0. The number of amides is 2. The van der Waals surface area contributed by atoms with E-state index < -0.39 is 0 Å². The van der Waals surface area contributed by atoms with Crippen LogP contribution in [0, 0.1) is 6.92 Å². The van der Waals surface area contributed by atoms with Crippen LogP contribution in [0.15, 0.2) is 36.4 Å². The van der Waals surface area contributed by atoms with Crippen molar-refractivity contribution in [3.63, 3.8) is 0 Å². The molecule has 150 valence electrons. The van der Waals surface area contributed by atoms with Crippen LogP contribution in [0.2, 0.25) is 0 Å². The molecule has 2 aromatic rings. The van der Waals surface area contributed by atoms with Gasteiger partial charge in [-0.3, -0.25) is 9.59 Å². The van der Waals surface area contributed by atoms with E-state index in [1.165, 1.54) is 0 Å². The molecule has 0 saturated heterocycles. The zero-order valence-electron chi connectivity index (χ0n) is 17.3. The second-order valence-corrected chi connectivity index (χ2v) is 7.60. The zero-order chi connectivity index (χ0) is 20.9. The molecule has 0 aromatic heterocycles. The van der Waals surface area contributed by atoms with Crippen molar-refractivity contribution >= 4 is 17.5 Å². The molecule has 0 unspecified atom stereocenters. The molecule has 2 N–H and O–H groups in total. The fourth-order valence-corrected chi connectivity index (χ4v) is 2.80. The van der Waals surface area contributed by atoms with Crippen molar-refractivity contribution in [2.24, 2.45) is 0 Å². The third-order valence-corrected chi connectivity index (χ3v) is 4.15. The second-order valence-electron chi connectivity index (χ2n) is 7.60. The van der Waals surface area contributed by atoms with Crippen LogP contribution in [0.4, 0.5) is 5.69 Å². The lowest BCUT2D eigenvalue weighted by Gasteiger charge is -2.21. The Morgan fingerprint density at radius 1 is 1.00 bits per heavy atom. The van der Waals surface area contributed by atoms with Gasteiger partial charge in [-0.2, -0.15) is 0 Å². The summed E-state index contributed by atoms with van der Waals surface area (Å²) in [4.78, 5) is 25.0. The molecule has 0 bridgehead atoms. The monoisotopic (exact) mass is 384 g/mol. The highest BCUT2D eigenvalue weighted by Gasteiger charge is 2.18. The Morgan fingerprint density at radius 3 is 2.29 bits per heavy atom. The van der Waals surface area contributed by atoms with Gasteiger partial charge in [-0.15, -0.1) is 0 Å². The summed E-state index contributed by atoms with van der Waals surface area (Å²) in [7, 11) is 3.12. The first-order valence-electron chi connectivity index (χ1n) is 9.07. The molecule has 28 heavy (non-hydrogen) atoms. The minimum Gasteiger partial charge on any atom is -0.493 e. The highest BCUT2D eigenvalue weighted by atomic mass is 16.5. The average Bonchev–Trinajstić information content (AvgIpc) is 2.61. The quantitative estimate of drug-likeness (QED) is 0.796. The van der Waals surface area contributed by atoms with E-state index in [0.717, 1.165) is 11.1 Å². The summed E-state index contributed by atoms with van der Waals surface area (Å²) in [5, 5.41) is 5.83. The average molecular weight is 384 g/mol. The maximum absolute atomic E-state index is 12.5. The van der Waals surface area contributed by atoms with Crippen LogP contribution < -0.4 is 20.1 Å². The largest absolute Gasteiger partial charge is 0.493 e. The summed E-state index contributed by atoms with van der Waals surface area (Å²) in [5.74, 6) is 0.842. The molecule has 0 aliphatic heterocycles. The van der Waals surface area contributed by atoms with Gasteiger partial charge in [0.05, 0.1) is 20.6 Å². The van der Waals surface area contributed by atoms with Gasteiger partial charge in [0.15, 0.2) is 11.5 Å². The Kier molecular flexibility index (Phi) is 6.67.